The van der Waals surface area contributed by atoms with Crippen LogP contribution in [0.15, 0.2) is 29.2 Å². The van der Waals surface area contributed by atoms with Gasteiger partial charge in [0.05, 0.1) is 6.54 Å². The molecule has 4 nitrogen and oxygen atoms in total. The SMILES string of the molecule is CSc1ccc(C(=O)CN2CCN(C)C2=O)cc1. The van der Waals surface area contributed by atoms with Crippen LogP contribution in [0.1, 0.15) is 10.4 Å². The van der Waals surface area contributed by atoms with E-state index in [1.54, 1.807) is 28.6 Å². The summed E-state index contributed by atoms with van der Waals surface area (Å²) in [6.45, 7) is 1.49. The van der Waals surface area contributed by atoms with Gasteiger partial charge < -0.3 is 9.80 Å². The molecular formula is C13H16N2O2S. The van der Waals surface area contributed by atoms with Crippen LogP contribution < -0.4 is 0 Å². The molecule has 1 heterocycles. The van der Waals surface area contributed by atoms with Crippen LogP contribution in [0.2, 0.25) is 0 Å². The van der Waals surface area contributed by atoms with Crippen LogP contribution in [0, 0.1) is 0 Å². The Hall–Kier alpha value is -1.49. The number of carbonyl (C=O) groups is 2. The van der Waals surface area contributed by atoms with E-state index in [1.165, 1.54) is 0 Å². The first-order valence-electron chi connectivity index (χ1n) is 5.79. The van der Waals surface area contributed by atoms with Gasteiger partial charge in [-0.25, -0.2) is 4.79 Å². The predicted octanol–water partition coefficient (Wildman–Crippen LogP) is 1.96. The summed E-state index contributed by atoms with van der Waals surface area (Å²) < 4.78 is 0. The third-order valence-electron chi connectivity index (χ3n) is 3.05. The Morgan fingerprint density at radius 2 is 1.94 bits per heavy atom. The summed E-state index contributed by atoms with van der Waals surface area (Å²) in [6.07, 6.45) is 2.00. The zero-order chi connectivity index (χ0) is 13.1. The number of likely N-dealkylation sites (N-methyl/N-ethyl adjacent to an activating group) is 1. The topological polar surface area (TPSA) is 40.6 Å². The highest BCUT2D eigenvalue weighted by Crippen LogP contribution is 2.16. The molecule has 0 atom stereocenters. The van der Waals surface area contributed by atoms with Crippen LogP contribution in [0.25, 0.3) is 0 Å². The van der Waals surface area contributed by atoms with Gasteiger partial charge in [-0.1, -0.05) is 12.1 Å². The van der Waals surface area contributed by atoms with Gasteiger partial charge in [0.1, 0.15) is 0 Å². The van der Waals surface area contributed by atoms with Gasteiger partial charge in [-0.15, -0.1) is 11.8 Å². The van der Waals surface area contributed by atoms with E-state index in [2.05, 4.69) is 0 Å². The van der Waals surface area contributed by atoms with Gasteiger partial charge in [-0.3, -0.25) is 4.79 Å². The molecule has 2 amide bonds. The highest BCUT2D eigenvalue weighted by Gasteiger charge is 2.27. The van der Waals surface area contributed by atoms with Crippen molar-refractivity contribution in [3.8, 4) is 0 Å². The summed E-state index contributed by atoms with van der Waals surface area (Å²) >= 11 is 1.64. The molecule has 0 aliphatic carbocycles. The van der Waals surface area contributed by atoms with Gasteiger partial charge in [0.25, 0.3) is 0 Å². The molecule has 0 spiro atoms. The van der Waals surface area contributed by atoms with Gasteiger partial charge >= 0.3 is 6.03 Å². The van der Waals surface area contributed by atoms with Crippen LogP contribution in [0.3, 0.4) is 0 Å². The Bertz CT molecular complexity index is 459. The average Bonchev–Trinajstić information content (AvgIpc) is 2.71. The van der Waals surface area contributed by atoms with E-state index < -0.39 is 0 Å². The standard InChI is InChI=1S/C13H16N2O2S/c1-14-7-8-15(13(14)17)9-12(16)10-3-5-11(18-2)6-4-10/h3-6H,7-9H2,1-2H3. The van der Waals surface area contributed by atoms with Crippen LogP contribution in [0.5, 0.6) is 0 Å². The Morgan fingerprint density at radius 1 is 1.28 bits per heavy atom. The number of thioether (sulfide) groups is 1. The lowest BCUT2D eigenvalue weighted by Crippen LogP contribution is -2.33. The molecule has 0 N–H and O–H groups in total. The van der Waals surface area contributed by atoms with Crippen molar-refractivity contribution in [3.05, 3.63) is 29.8 Å². The summed E-state index contributed by atoms with van der Waals surface area (Å²) in [5, 5.41) is 0. The monoisotopic (exact) mass is 264 g/mol. The first-order valence-corrected chi connectivity index (χ1v) is 7.01. The molecule has 1 aromatic rings. The van der Waals surface area contributed by atoms with Crippen molar-refractivity contribution < 1.29 is 9.59 Å². The number of ketones is 1. The highest BCUT2D eigenvalue weighted by atomic mass is 32.2. The van der Waals surface area contributed by atoms with E-state index in [1.807, 2.05) is 30.5 Å². The molecule has 1 aliphatic rings. The number of rotatable bonds is 4. The molecule has 0 saturated carbocycles. The first kappa shape index (κ1) is 13.0. The van der Waals surface area contributed by atoms with Crippen molar-refractivity contribution in [2.75, 3.05) is 32.9 Å². The van der Waals surface area contributed by atoms with Crippen LogP contribution in [0.4, 0.5) is 4.79 Å². The Balaban J connectivity index is 2.01. The zero-order valence-corrected chi connectivity index (χ0v) is 11.4. The number of amides is 2. The first-order chi connectivity index (χ1) is 8.61. The number of benzene rings is 1. The summed E-state index contributed by atoms with van der Waals surface area (Å²) in [7, 11) is 1.75. The van der Waals surface area contributed by atoms with Crippen molar-refractivity contribution in [3.63, 3.8) is 0 Å². The summed E-state index contributed by atoms with van der Waals surface area (Å²) in [5.41, 5.74) is 0.662. The van der Waals surface area contributed by atoms with E-state index in [9.17, 15) is 9.59 Å². The Kier molecular flexibility index (Phi) is 3.91. The number of carbonyl (C=O) groups excluding carboxylic acids is 2. The molecule has 18 heavy (non-hydrogen) atoms. The average molecular weight is 264 g/mol. The quantitative estimate of drug-likeness (QED) is 0.616. The van der Waals surface area contributed by atoms with E-state index in [4.69, 9.17) is 0 Å². The van der Waals surface area contributed by atoms with E-state index in [0.29, 0.717) is 18.7 Å². The predicted molar refractivity (Wildman–Crippen MR) is 72.2 cm³/mol. The minimum absolute atomic E-state index is 0.00805. The second-order valence-corrected chi connectivity index (χ2v) is 5.16. The lowest BCUT2D eigenvalue weighted by Gasteiger charge is -2.14. The van der Waals surface area contributed by atoms with Crippen LogP contribution in [-0.4, -0.2) is 54.6 Å². The lowest BCUT2D eigenvalue weighted by molar-refractivity contribution is 0.0952. The molecule has 1 saturated heterocycles. The van der Waals surface area contributed by atoms with Crippen molar-refractivity contribution >= 4 is 23.6 Å². The van der Waals surface area contributed by atoms with E-state index >= 15 is 0 Å². The van der Waals surface area contributed by atoms with Gasteiger partial charge in [0.15, 0.2) is 5.78 Å². The molecule has 1 aliphatic heterocycles. The van der Waals surface area contributed by atoms with Crippen LogP contribution >= 0.6 is 11.8 Å². The van der Waals surface area contributed by atoms with Crippen molar-refractivity contribution in [1.82, 2.24) is 9.80 Å². The maximum atomic E-state index is 12.0. The molecule has 5 heteroatoms. The van der Waals surface area contributed by atoms with Gasteiger partial charge in [-0.2, -0.15) is 0 Å². The number of hydrogen-bond acceptors (Lipinski definition) is 3. The largest absolute Gasteiger partial charge is 0.326 e. The zero-order valence-electron chi connectivity index (χ0n) is 10.5. The minimum Gasteiger partial charge on any atom is -0.326 e. The molecule has 0 radical (unpaired) electrons. The van der Waals surface area contributed by atoms with E-state index in [0.717, 1.165) is 4.90 Å². The van der Waals surface area contributed by atoms with Gasteiger partial charge in [0.2, 0.25) is 0 Å². The molecule has 1 fully saturated rings. The maximum Gasteiger partial charge on any atom is 0.320 e. The van der Waals surface area contributed by atoms with Crippen molar-refractivity contribution in [2.45, 2.75) is 4.90 Å². The second-order valence-electron chi connectivity index (χ2n) is 4.28. The number of nitrogens with zero attached hydrogens (tertiary/aromatic N) is 2. The Labute approximate surface area is 111 Å². The van der Waals surface area contributed by atoms with Gasteiger partial charge in [0, 0.05) is 30.6 Å². The molecule has 96 valence electrons. The van der Waals surface area contributed by atoms with Gasteiger partial charge in [-0.05, 0) is 18.4 Å². The normalized spacial score (nSPS) is 15.3. The highest BCUT2D eigenvalue weighted by molar-refractivity contribution is 7.98. The van der Waals surface area contributed by atoms with Crippen LogP contribution in [-0.2, 0) is 0 Å². The maximum absolute atomic E-state index is 12.0. The smallest absolute Gasteiger partial charge is 0.320 e. The van der Waals surface area contributed by atoms with Crippen molar-refractivity contribution in [1.29, 1.82) is 0 Å². The fourth-order valence-electron chi connectivity index (χ4n) is 1.89. The molecule has 0 aromatic heterocycles. The molecular weight excluding hydrogens is 248 g/mol. The fourth-order valence-corrected chi connectivity index (χ4v) is 2.30. The molecule has 1 aromatic carbocycles. The van der Waals surface area contributed by atoms with E-state index in [-0.39, 0.29) is 18.4 Å². The summed E-state index contributed by atoms with van der Waals surface area (Å²) in [6, 6.07) is 7.42. The third-order valence-corrected chi connectivity index (χ3v) is 3.79. The summed E-state index contributed by atoms with van der Waals surface area (Å²) in [5.74, 6) is -0.00805. The number of Topliss-reactive ketones (excluding diaryl/α,β-unsaturated/α-hetero) is 1. The fraction of sp³-hybridized carbons (Fsp3) is 0.385. The number of hydrogen-bond donors (Lipinski definition) is 0. The summed E-state index contributed by atoms with van der Waals surface area (Å²) in [4.78, 5) is 28.0. The molecule has 2 rings (SSSR count). The van der Waals surface area contributed by atoms with Crippen molar-refractivity contribution in [2.24, 2.45) is 0 Å². The molecule has 0 unspecified atom stereocenters. The number of urea groups is 1. The lowest BCUT2D eigenvalue weighted by atomic mass is 10.1. The second kappa shape index (κ2) is 5.44. The molecule has 0 bridgehead atoms. The Morgan fingerprint density at radius 3 is 2.44 bits per heavy atom. The minimum atomic E-state index is -0.0657. The third kappa shape index (κ3) is 2.67.